The summed E-state index contributed by atoms with van der Waals surface area (Å²) in [4.78, 5) is 10.7. The molecule has 23 heavy (non-hydrogen) atoms. The van der Waals surface area contributed by atoms with Crippen molar-refractivity contribution in [2.75, 3.05) is 23.6 Å². The first-order valence-corrected chi connectivity index (χ1v) is 7.72. The standard InChI is InChI=1S/C13H17N7O2S/c1-2-22-10-5-3-9(4-6-10)7-16-17-12-18-19-13(20(12)15)23-8-11(14)21/h3-7H,2,8,15H2,1H3,(H2,14,21)(H,17,18)/b16-7+. The predicted octanol–water partition coefficient (Wildman–Crippen LogP) is 0.414. The molecule has 1 amide bonds. The van der Waals surface area contributed by atoms with Crippen molar-refractivity contribution in [1.29, 1.82) is 0 Å². The molecule has 0 aliphatic rings. The number of amides is 1. The Hall–Kier alpha value is -2.75. The van der Waals surface area contributed by atoms with Gasteiger partial charge in [-0.1, -0.05) is 11.8 Å². The molecule has 0 saturated heterocycles. The van der Waals surface area contributed by atoms with Gasteiger partial charge in [0.05, 0.1) is 18.6 Å². The summed E-state index contributed by atoms with van der Waals surface area (Å²) in [7, 11) is 0. The molecule has 0 unspecified atom stereocenters. The highest BCUT2D eigenvalue weighted by Crippen LogP contribution is 2.16. The van der Waals surface area contributed by atoms with Gasteiger partial charge in [-0.25, -0.2) is 10.1 Å². The minimum atomic E-state index is -0.457. The molecule has 0 aliphatic carbocycles. The summed E-state index contributed by atoms with van der Waals surface area (Å²) in [5.41, 5.74) is 8.63. The third-order valence-corrected chi connectivity index (χ3v) is 3.54. The number of thioether (sulfide) groups is 1. The molecule has 0 fully saturated rings. The number of carbonyl (C=O) groups is 1. The Morgan fingerprint density at radius 2 is 2.17 bits per heavy atom. The van der Waals surface area contributed by atoms with E-state index in [0.29, 0.717) is 11.8 Å². The Morgan fingerprint density at radius 3 is 2.83 bits per heavy atom. The number of primary amides is 1. The zero-order valence-corrected chi connectivity index (χ0v) is 13.3. The maximum atomic E-state index is 10.7. The molecule has 0 spiro atoms. The van der Waals surface area contributed by atoms with E-state index in [2.05, 4.69) is 20.7 Å². The van der Waals surface area contributed by atoms with E-state index >= 15 is 0 Å². The Morgan fingerprint density at radius 1 is 1.43 bits per heavy atom. The van der Waals surface area contributed by atoms with E-state index < -0.39 is 5.91 Å². The van der Waals surface area contributed by atoms with Crippen LogP contribution in [0, 0.1) is 0 Å². The number of nitrogen functional groups attached to an aromatic ring is 1. The van der Waals surface area contributed by atoms with Crippen LogP contribution in [0.5, 0.6) is 5.75 Å². The first kappa shape index (κ1) is 16.6. The number of hydrazone groups is 1. The van der Waals surface area contributed by atoms with Crippen molar-refractivity contribution in [3.05, 3.63) is 29.8 Å². The van der Waals surface area contributed by atoms with E-state index in [1.165, 1.54) is 4.68 Å². The number of hydrogen-bond acceptors (Lipinski definition) is 8. The van der Waals surface area contributed by atoms with Crippen LogP contribution < -0.4 is 21.7 Å². The van der Waals surface area contributed by atoms with Gasteiger partial charge in [-0.3, -0.25) is 4.79 Å². The molecule has 0 atom stereocenters. The Balaban J connectivity index is 1.93. The van der Waals surface area contributed by atoms with Crippen molar-refractivity contribution < 1.29 is 9.53 Å². The van der Waals surface area contributed by atoms with E-state index in [9.17, 15) is 4.79 Å². The summed E-state index contributed by atoms with van der Waals surface area (Å²) in [5.74, 6) is 6.46. The van der Waals surface area contributed by atoms with Gasteiger partial charge in [-0.05, 0) is 36.8 Å². The van der Waals surface area contributed by atoms with Gasteiger partial charge in [0.2, 0.25) is 11.1 Å². The average Bonchev–Trinajstić information content (AvgIpc) is 2.88. The first-order chi connectivity index (χ1) is 11.1. The summed E-state index contributed by atoms with van der Waals surface area (Å²) in [5, 5.41) is 12.1. The smallest absolute Gasteiger partial charge is 0.264 e. The minimum absolute atomic E-state index is 0.0742. The molecule has 2 rings (SSSR count). The lowest BCUT2D eigenvalue weighted by atomic mass is 10.2. The molecule has 9 nitrogen and oxygen atoms in total. The average molecular weight is 335 g/mol. The van der Waals surface area contributed by atoms with E-state index in [1.54, 1.807) is 6.21 Å². The Labute approximate surface area is 137 Å². The van der Waals surface area contributed by atoms with E-state index in [-0.39, 0.29) is 11.7 Å². The number of aromatic nitrogens is 3. The SMILES string of the molecule is CCOc1ccc(/C=N/Nc2nnc(SCC(N)=O)n2N)cc1. The van der Waals surface area contributed by atoms with Gasteiger partial charge in [0.15, 0.2) is 0 Å². The fourth-order valence-corrected chi connectivity index (χ4v) is 2.16. The molecule has 5 N–H and O–H groups in total. The van der Waals surface area contributed by atoms with Gasteiger partial charge in [0.25, 0.3) is 5.95 Å². The number of anilines is 1. The molecular weight excluding hydrogens is 318 g/mol. The fraction of sp³-hybridized carbons (Fsp3) is 0.231. The third kappa shape index (κ3) is 4.88. The minimum Gasteiger partial charge on any atom is -0.494 e. The van der Waals surface area contributed by atoms with Crippen LogP contribution in [-0.2, 0) is 4.79 Å². The van der Waals surface area contributed by atoms with Crippen molar-refractivity contribution >= 4 is 29.8 Å². The van der Waals surface area contributed by atoms with Crippen molar-refractivity contribution in [3.63, 3.8) is 0 Å². The van der Waals surface area contributed by atoms with Crippen molar-refractivity contribution in [3.8, 4) is 5.75 Å². The highest BCUT2D eigenvalue weighted by molar-refractivity contribution is 7.99. The van der Waals surface area contributed by atoms with Crippen molar-refractivity contribution in [2.24, 2.45) is 10.8 Å². The van der Waals surface area contributed by atoms with Crippen LogP contribution in [0.4, 0.5) is 5.95 Å². The zero-order valence-electron chi connectivity index (χ0n) is 12.5. The van der Waals surface area contributed by atoms with Gasteiger partial charge in [-0.2, -0.15) is 5.10 Å². The zero-order chi connectivity index (χ0) is 16.7. The molecule has 0 saturated carbocycles. The van der Waals surface area contributed by atoms with Gasteiger partial charge in [0.1, 0.15) is 5.75 Å². The fourth-order valence-electron chi connectivity index (χ4n) is 1.57. The normalized spacial score (nSPS) is 10.8. The largest absolute Gasteiger partial charge is 0.494 e. The number of rotatable bonds is 8. The van der Waals surface area contributed by atoms with Crippen LogP contribution in [0.1, 0.15) is 12.5 Å². The second-order valence-corrected chi connectivity index (χ2v) is 5.25. The maximum Gasteiger partial charge on any atom is 0.264 e. The second kappa shape index (κ2) is 8.03. The number of nitrogens with zero attached hydrogens (tertiary/aromatic N) is 4. The molecule has 0 bridgehead atoms. The van der Waals surface area contributed by atoms with Gasteiger partial charge in [-0.15, -0.1) is 10.2 Å². The van der Waals surface area contributed by atoms with E-state index in [1.807, 2.05) is 31.2 Å². The van der Waals surface area contributed by atoms with Crippen LogP contribution in [0.2, 0.25) is 0 Å². The van der Waals surface area contributed by atoms with Crippen LogP contribution in [0.3, 0.4) is 0 Å². The summed E-state index contributed by atoms with van der Waals surface area (Å²) in [6, 6.07) is 7.46. The Kier molecular flexibility index (Phi) is 5.80. The number of ether oxygens (including phenoxy) is 1. The lowest BCUT2D eigenvalue weighted by Crippen LogP contribution is -2.16. The molecule has 122 valence electrons. The predicted molar refractivity (Wildman–Crippen MR) is 88.9 cm³/mol. The maximum absolute atomic E-state index is 10.7. The highest BCUT2D eigenvalue weighted by Gasteiger charge is 2.10. The molecular formula is C13H17N7O2S. The number of hydrogen-bond donors (Lipinski definition) is 3. The number of nitrogens with two attached hydrogens (primary N) is 2. The molecule has 10 heteroatoms. The summed E-state index contributed by atoms with van der Waals surface area (Å²) < 4.78 is 6.56. The molecule has 1 heterocycles. The lowest BCUT2D eigenvalue weighted by molar-refractivity contribution is -0.115. The van der Waals surface area contributed by atoms with Crippen LogP contribution in [-0.4, -0.2) is 39.4 Å². The molecule has 0 aliphatic heterocycles. The van der Waals surface area contributed by atoms with Crippen molar-refractivity contribution in [1.82, 2.24) is 14.9 Å². The molecule has 0 radical (unpaired) electrons. The van der Waals surface area contributed by atoms with Gasteiger partial charge < -0.3 is 16.3 Å². The summed E-state index contributed by atoms with van der Waals surface area (Å²) in [6.07, 6.45) is 1.61. The first-order valence-electron chi connectivity index (χ1n) is 6.73. The van der Waals surface area contributed by atoms with Crippen LogP contribution in [0.25, 0.3) is 0 Å². The van der Waals surface area contributed by atoms with E-state index in [4.69, 9.17) is 16.3 Å². The van der Waals surface area contributed by atoms with Gasteiger partial charge in [0, 0.05) is 0 Å². The number of benzene rings is 1. The molecule has 2 aromatic rings. The summed E-state index contributed by atoms with van der Waals surface area (Å²) >= 11 is 1.10. The van der Waals surface area contributed by atoms with E-state index in [0.717, 1.165) is 23.1 Å². The third-order valence-electron chi connectivity index (χ3n) is 2.58. The number of carbonyl (C=O) groups excluding carboxylic acids is 1. The quantitative estimate of drug-likeness (QED) is 0.275. The van der Waals surface area contributed by atoms with Crippen molar-refractivity contribution in [2.45, 2.75) is 12.1 Å². The van der Waals surface area contributed by atoms with Gasteiger partial charge >= 0.3 is 0 Å². The second-order valence-electron chi connectivity index (χ2n) is 4.30. The molecule has 1 aromatic heterocycles. The summed E-state index contributed by atoms with van der Waals surface area (Å²) in [6.45, 7) is 2.55. The Bertz CT molecular complexity index is 684. The topological polar surface area (TPSA) is 133 Å². The monoisotopic (exact) mass is 335 g/mol. The highest BCUT2D eigenvalue weighted by atomic mass is 32.2. The number of nitrogens with one attached hydrogen (secondary N) is 1. The lowest BCUT2D eigenvalue weighted by Gasteiger charge is -2.03. The molecule has 1 aromatic carbocycles. The van der Waals surface area contributed by atoms with Crippen LogP contribution >= 0.6 is 11.8 Å². The van der Waals surface area contributed by atoms with Crippen LogP contribution in [0.15, 0.2) is 34.5 Å².